The predicted octanol–water partition coefficient (Wildman–Crippen LogP) is 3.30. The molecule has 2 atom stereocenters. The summed E-state index contributed by atoms with van der Waals surface area (Å²) >= 11 is 1.38. The first-order valence-corrected chi connectivity index (χ1v) is 10.6. The first-order valence-electron chi connectivity index (χ1n) is 9.61. The second-order valence-electron chi connectivity index (χ2n) is 7.25. The maximum atomic E-state index is 12.8. The van der Waals surface area contributed by atoms with Crippen LogP contribution < -0.4 is 16.0 Å². The molecule has 0 aromatic heterocycles. The molecule has 7 heteroatoms. The van der Waals surface area contributed by atoms with Gasteiger partial charge >= 0.3 is 6.03 Å². The number of hydrogen-bond donors (Lipinski definition) is 3. The Balaban J connectivity index is 1.65. The van der Waals surface area contributed by atoms with Crippen LogP contribution in [-0.4, -0.2) is 35.7 Å². The van der Waals surface area contributed by atoms with Gasteiger partial charge in [0.15, 0.2) is 0 Å². The molecule has 0 aliphatic carbocycles. The molecular weight excluding hydrogens is 386 g/mol. The van der Waals surface area contributed by atoms with E-state index in [0.717, 1.165) is 11.3 Å². The monoisotopic (exact) mass is 411 g/mol. The van der Waals surface area contributed by atoms with Gasteiger partial charge in [0.2, 0.25) is 0 Å². The van der Waals surface area contributed by atoms with Crippen LogP contribution in [0.15, 0.2) is 59.5 Å². The molecule has 29 heavy (non-hydrogen) atoms. The molecule has 2 aromatic carbocycles. The highest BCUT2D eigenvalue weighted by atomic mass is 32.2. The number of benzene rings is 2. The van der Waals surface area contributed by atoms with E-state index < -0.39 is 11.6 Å². The van der Waals surface area contributed by atoms with Gasteiger partial charge in [-0.2, -0.15) is 0 Å². The van der Waals surface area contributed by atoms with Gasteiger partial charge in [-0.15, -0.1) is 11.8 Å². The highest BCUT2D eigenvalue weighted by molar-refractivity contribution is 7.99. The molecule has 0 radical (unpaired) electrons. The number of carbonyl (C=O) groups is 3. The van der Waals surface area contributed by atoms with Gasteiger partial charge in [-0.3, -0.25) is 14.9 Å². The van der Waals surface area contributed by atoms with Gasteiger partial charge in [-0.25, -0.2) is 4.79 Å². The lowest BCUT2D eigenvalue weighted by molar-refractivity contribution is -0.122. The van der Waals surface area contributed by atoms with Crippen molar-refractivity contribution >= 4 is 29.6 Å². The predicted molar refractivity (Wildman–Crippen MR) is 114 cm³/mol. The SMILES string of the molecule is CC[C@@H](CNC(=O)c1ccccc1SC[C@@]1(C)NC(=O)NC1=O)c1ccccc1. The fraction of sp³-hybridized carbons (Fsp3) is 0.318. The van der Waals surface area contributed by atoms with Crippen molar-refractivity contribution in [2.45, 2.75) is 36.6 Å². The summed E-state index contributed by atoms with van der Waals surface area (Å²) in [6.07, 6.45) is 0.924. The van der Waals surface area contributed by atoms with E-state index in [1.165, 1.54) is 17.3 Å². The Bertz CT molecular complexity index is 903. The zero-order valence-corrected chi connectivity index (χ0v) is 17.3. The first-order chi connectivity index (χ1) is 13.9. The molecule has 3 rings (SSSR count). The van der Waals surface area contributed by atoms with E-state index in [1.807, 2.05) is 36.4 Å². The summed E-state index contributed by atoms with van der Waals surface area (Å²) in [6.45, 7) is 4.33. The third-order valence-electron chi connectivity index (χ3n) is 5.04. The van der Waals surface area contributed by atoms with Crippen LogP contribution in [-0.2, 0) is 4.79 Å². The van der Waals surface area contributed by atoms with Crippen molar-refractivity contribution in [3.63, 3.8) is 0 Å². The number of rotatable bonds is 8. The third kappa shape index (κ3) is 4.98. The quantitative estimate of drug-likeness (QED) is 0.459. The number of urea groups is 1. The Morgan fingerprint density at radius 1 is 1.10 bits per heavy atom. The zero-order chi connectivity index (χ0) is 20.9. The molecule has 0 bridgehead atoms. The number of nitrogens with one attached hydrogen (secondary N) is 3. The second kappa shape index (κ2) is 9.13. The summed E-state index contributed by atoms with van der Waals surface area (Å²) in [6, 6.07) is 17.0. The van der Waals surface area contributed by atoms with E-state index in [9.17, 15) is 14.4 Å². The lowest BCUT2D eigenvalue weighted by Crippen LogP contribution is -2.46. The molecule has 0 spiro atoms. The van der Waals surface area contributed by atoms with E-state index in [2.05, 4.69) is 35.0 Å². The Hall–Kier alpha value is -2.80. The molecule has 152 valence electrons. The van der Waals surface area contributed by atoms with E-state index in [-0.39, 0.29) is 17.7 Å². The van der Waals surface area contributed by atoms with Crippen molar-refractivity contribution in [3.05, 3.63) is 65.7 Å². The normalized spacial score (nSPS) is 19.4. The first kappa shape index (κ1) is 20.9. The fourth-order valence-electron chi connectivity index (χ4n) is 3.22. The minimum Gasteiger partial charge on any atom is -0.351 e. The highest BCUT2D eigenvalue weighted by Crippen LogP contribution is 2.28. The van der Waals surface area contributed by atoms with Gasteiger partial charge in [0.25, 0.3) is 11.8 Å². The van der Waals surface area contributed by atoms with E-state index in [4.69, 9.17) is 0 Å². The molecule has 2 aromatic rings. The molecule has 3 N–H and O–H groups in total. The minimum absolute atomic E-state index is 0.146. The lowest BCUT2D eigenvalue weighted by Gasteiger charge is -2.21. The zero-order valence-electron chi connectivity index (χ0n) is 16.5. The molecule has 1 fully saturated rings. The van der Waals surface area contributed by atoms with Crippen molar-refractivity contribution in [1.29, 1.82) is 0 Å². The van der Waals surface area contributed by atoms with Gasteiger partial charge < -0.3 is 10.6 Å². The molecule has 1 heterocycles. The van der Waals surface area contributed by atoms with Crippen LogP contribution in [0.25, 0.3) is 0 Å². The maximum Gasteiger partial charge on any atom is 0.322 e. The maximum absolute atomic E-state index is 12.8. The average Bonchev–Trinajstić information content (AvgIpc) is 2.99. The van der Waals surface area contributed by atoms with Gasteiger partial charge in [0, 0.05) is 23.1 Å². The Kier molecular flexibility index (Phi) is 6.59. The number of thioether (sulfide) groups is 1. The Morgan fingerprint density at radius 2 is 1.79 bits per heavy atom. The summed E-state index contributed by atoms with van der Waals surface area (Å²) in [5, 5.41) is 7.94. The number of imide groups is 1. The Labute approximate surface area is 174 Å². The van der Waals surface area contributed by atoms with Crippen molar-refractivity contribution in [1.82, 2.24) is 16.0 Å². The summed E-state index contributed by atoms with van der Waals surface area (Å²) in [7, 11) is 0. The van der Waals surface area contributed by atoms with Gasteiger partial charge in [0.1, 0.15) is 5.54 Å². The third-order valence-corrected chi connectivity index (χ3v) is 6.43. The summed E-state index contributed by atoms with van der Waals surface area (Å²) in [5.41, 5.74) is 0.772. The molecule has 0 unspecified atom stereocenters. The standard InChI is InChI=1S/C22H25N3O3S/c1-3-15(16-9-5-4-6-10-16)13-23-19(26)17-11-7-8-12-18(17)29-14-22(2)20(27)24-21(28)25-22/h4-12,15H,3,13-14H2,1-2H3,(H,23,26)(H2,24,25,27,28)/t15-,22+/m0/s1. The van der Waals surface area contributed by atoms with E-state index in [0.29, 0.717) is 17.9 Å². The molecule has 1 aliphatic rings. The molecule has 4 amide bonds. The molecule has 1 aliphatic heterocycles. The molecule has 1 saturated heterocycles. The average molecular weight is 412 g/mol. The van der Waals surface area contributed by atoms with Crippen LogP contribution in [0.1, 0.15) is 42.1 Å². The van der Waals surface area contributed by atoms with Crippen molar-refractivity contribution in [3.8, 4) is 0 Å². The number of carbonyl (C=O) groups excluding carboxylic acids is 3. The summed E-state index contributed by atoms with van der Waals surface area (Å²) < 4.78 is 0. The van der Waals surface area contributed by atoms with Crippen LogP contribution in [0, 0.1) is 0 Å². The van der Waals surface area contributed by atoms with Crippen LogP contribution in [0.5, 0.6) is 0 Å². The van der Waals surface area contributed by atoms with Crippen molar-refractivity contribution in [2.24, 2.45) is 0 Å². The topological polar surface area (TPSA) is 87.3 Å². The number of amides is 4. The molecular formula is C22H25N3O3S. The van der Waals surface area contributed by atoms with Gasteiger partial charge in [-0.1, -0.05) is 49.4 Å². The fourth-order valence-corrected chi connectivity index (χ4v) is 4.36. The van der Waals surface area contributed by atoms with Crippen LogP contribution in [0.4, 0.5) is 4.79 Å². The smallest absolute Gasteiger partial charge is 0.322 e. The van der Waals surface area contributed by atoms with Crippen molar-refractivity contribution in [2.75, 3.05) is 12.3 Å². The summed E-state index contributed by atoms with van der Waals surface area (Å²) in [5.74, 6) is 0.0746. The Morgan fingerprint density at radius 3 is 2.45 bits per heavy atom. The number of hydrogen-bond acceptors (Lipinski definition) is 4. The second-order valence-corrected chi connectivity index (χ2v) is 8.27. The van der Waals surface area contributed by atoms with E-state index in [1.54, 1.807) is 13.0 Å². The van der Waals surface area contributed by atoms with Gasteiger partial charge in [-0.05, 0) is 31.0 Å². The van der Waals surface area contributed by atoms with E-state index >= 15 is 0 Å². The minimum atomic E-state index is -0.994. The van der Waals surface area contributed by atoms with Crippen LogP contribution >= 0.6 is 11.8 Å². The highest BCUT2D eigenvalue weighted by Gasteiger charge is 2.41. The van der Waals surface area contributed by atoms with Gasteiger partial charge in [0.05, 0.1) is 5.56 Å². The van der Waals surface area contributed by atoms with Crippen LogP contribution in [0.3, 0.4) is 0 Å². The van der Waals surface area contributed by atoms with Crippen molar-refractivity contribution < 1.29 is 14.4 Å². The molecule has 0 saturated carbocycles. The largest absolute Gasteiger partial charge is 0.351 e. The van der Waals surface area contributed by atoms with Crippen LogP contribution in [0.2, 0.25) is 0 Å². The lowest BCUT2D eigenvalue weighted by atomic mass is 9.96. The summed E-state index contributed by atoms with van der Waals surface area (Å²) in [4.78, 5) is 37.0. The molecule has 6 nitrogen and oxygen atoms in total.